The van der Waals surface area contributed by atoms with Crippen LogP contribution in [0.25, 0.3) is 0 Å². The van der Waals surface area contributed by atoms with E-state index in [0.29, 0.717) is 17.5 Å². The lowest BCUT2D eigenvalue weighted by Crippen LogP contribution is -2.52. The Morgan fingerprint density at radius 2 is 1.93 bits per heavy atom. The lowest BCUT2D eigenvalue weighted by molar-refractivity contribution is -0.145. The van der Waals surface area contributed by atoms with E-state index in [2.05, 4.69) is 23.8 Å². The number of aryl methyl sites for hydroxylation is 2. The van der Waals surface area contributed by atoms with Crippen LogP contribution in [-0.2, 0) is 11.8 Å². The van der Waals surface area contributed by atoms with Crippen LogP contribution >= 0.6 is 0 Å². The van der Waals surface area contributed by atoms with Crippen LogP contribution in [0.5, 0.6) is 0 Å². The molecule has 3 aliphatic rings. The molecule has 3 aliphatic heterocycles. The second-order valence-corrected chi connectivity index (χ2v) is 8.94. The molecule has 6 heteroatoms. The Balaban J connectivity index is 1.59. The van der Waals surface area contributed by atoms with Crippen molar-refractivity contribution in [1.29, 1.82) is 0 Å². The number of carbonyl (C=O) groups is 2. The molecular formula is C21H32N4O2. The maximum absolute atomic E-state index is 13.6. The van der Waals surface area contributed by atoms with Crippen LogP contribution in [0.1, 0.15) is 68.6 Å². The monoisotopic (exact) mass is 372 g/mol. The number of carbonyl (C=O) groups excluding carboxylic acids is 2. The molecule has 0 spiro atoms. The van der Waals surface area contributed by atoms with E-state index in [-0.39, 0.29) is 18.0 Å². The molecule has 0 saturated carbocycles. The Labute approximate surface area is 161 Å². The summed E-state index contributed by atoms with van der Waals surface area (Å²) >= 11 is 0. The Hall–Kier alpha value is -1.85. The first kappa shape index (κ1) is 18.5. The van der Waals surface area contributed by atoms with Crippen LogP contribution in [-0.4, -0.2) is 56.6 Å². The predicted octanol–water partition coefficient (Wildman–Crippen LogP) is 2.76. The summed E-state index contributed by atoms with van der Waals surface area (Å²) in [5, 5.41) is 4.40. The molecular weight excluding hydrogens is 340 g/mol. The van der Waals surface area contributed by atoms with Crippen molar-refractivity contribution in [3.63, 3.8) is 0 Å². The van der Waals surface area contributed by atoms with E-state index in [0.717, 1.165) is 57.3 Å². The summed E-state index contributed by atoms with van der Waals surface area (Å²) in [6, 6.07) is 2.06. The van der Waals surface area contributed by atoms with Gasteiger partial charge in [-0.25, -0.2) is 0 Å². The van der Waals surface area contributed by atoms with Gasteiger partial charge in [0, 0.05) is 37.9 Å². The standard InChI is InChI=1S/C21H32N4O2/c1-5-21(20(27)24-10-8-14(2)9-11-24)13-16-6-7-18(21)25(16)19(26)17-12-15(3)23(4)22-17/h12,14,16,18H,5-11,13H2,1-4H3/t16-,18+,21+/m0/s1. The summed E-state index contributed by atoms with van der Waals surface area (Å²) in [4.78, 5) is 30.9. The highest BCUT2D eigenvalue weighted by Crippen LogP contribution is 2.53. The van der Waals surface area contributed by atoms with Gasteiger partial charge in [0.25, 0.3) is 5.91 Å². The van der Waals surface area contributed by atoms with Gasteiger partial charge in [-0.15, -0.1) is 0 Å². The molecule has 4 rings (SSSR count). The highest BCUT2D eigenvalue weighted by molar-refractivity contribution is 5.95. The molecule has 1 aromatic rings. The van der Waals surface area contributed by atoms with Crippen molar-refractivity contribution in [1.82, 2.24) is 19.6 Å². The van der Waals surface area contributed by atoms with E-state index in [1.807, 2.05) is 24.9 Å². The Morgan fingerprint density at radius 3 is 2.52 bits per heavy atom. The van der Waals surface area contributed by atoms with Crippen LogP contribution < -0.4 is 0 Å². The second kappa shape index (κ2) is 6.64. The van der Waals surface area contributed by atoms with Gasteiger partial charge < -0.3 is 9.80 Å². The lowest BCUT2D eigenvalue weighted by Gasteiger charge is -2.41. The summed E-state index contributed by atoms with van der Waals surface area (Å²) in [5.74, 6) is 0.998. The Morgan fingerprint density at radius 1 is 1.22 bits per heavy atom. The van der Waals surface area contributed by atoms with Crippen LogP contribution in [0.15, 0.2) is 6.07 Å². The van der Waals surface area contributed by atoms with Gasteiger partial charge in [-0.1, -0.05) is 13.8 Å². The van der Waals surface area contributed by atoms with E-state index < -0.39 is 5.41 Å². The number of piperidine rings is 1. The maximum Gasteiger partial charge on any atom is 0.274 e. The van der Waals surface area contributed by atoms with E-state index in [1.165, 1.54) is 0 Å². The van der Waals surface area contributed by atoms with Crippen LogP contribution in [0.4, 0.5) is 0 Å². The largest absolute Gasteiger partial charge is 0.342 e. The number of hydrogen-bond donors (Lipinski definition) is 0. The molecule has 4 heterocycles. The van der Waals surface area contributed by atoms with Gasteiger partial charge in [0.2, 0.25) is 5.91 Å². The second-order valence-electron chi connectivity index (χ2n) is 8.94. The minimum absolute atomic E-state index is 0.00147. The molecule has 0 aromatic carbocycles. The number of fused-ring (bicyclic) bond motifs is 2. The third-order valence-corrected chi connectivity index (χ3v) is 7.44. The van der Waals surface area contributed by atoms with Gasteiger partial charge in [0.1, 0.15) is 0 Å². The van der Waals surface area contributed by atoms with Gasteiger partial charge in [-0.3, -0.25) is 14.3 Å². The first-order valence-corrected chi connectivity index (χ1v) is 10.5. The molecule has 3 fully saturated rings. The van der Waals surface area contributed by atoms with Crippen molar-refractivity contribution in [2.75, 3.05) is 13.1 Å². The quantitative estimate of drug-likeness (QED) is 0.820. The van der Waals surface area contributed by atoms with Gasteiger partial charge in [-0.05, 0) is 57.4 Å². The van der Waals surface area contributed by atoms with Crippen LogP contribution in [0.2, 0.25) is 0 Å². The molecule has 6 nitrogen and oxygen atoms in total. The zero-order valence-corrected chi connectivity index (χ0v) is 17.1. The average Bonchev–Trinajstić information content (AvgIpc) is 3.33. The van der Waals surface area contributed by atoms with Crippen molar-refractivity contribution in [3.8, 4) is 0 Å². The number of amides is 2. The Kier molecular flexibility index (Phi) is 4.55. The first-order valence-electron chi connectivity index (χ1n) is 10.5. The molecule has 27 heavy (non-hydrogen) atoms. The fourth-order valence-corrected chi connectivity index (χ4v) is 5.57. The number of nitrogens with zero attached hydrogens (tertiary/aromatic N) is 4. The van der Waals surface area contributed by atoms with Gasteiger partial charge in [-0.2, -0.15) is 5.10 Å². The molecule has 1 aromatic heterocycles. The molecule has 0 N–H and O–H groups in total. The van der Waals surface area contributed by atoms with Crippen molar-refractivity contribution >= 4 is 11.8 Å². The number of hydrogen-bond acceptors (Lipinski definition) is 3. The zero-order valence-electron chi connectivity index (χ0n) is 17.1. The SMILES string of the molecule is CC[C@@]1(C(=O)N2CCC(C)CC2)C[C@@H]2CC[C@H]1N2C(=O)c1cc(C)n(C)n1. The molecule has 2 amide bonds. The third kappa shape index (κ3) is 2.79. The smallest absolute Gasteiger partial charge is 0.274 e. The summed E-state index contributed by atoms with van der Waals surface area (Å²) in [7, 11) is 1.86. The van der Waals surface area contributed by atoms with Gasteiger partial charge in [0.05, 0.1) is 5.41 Å². The van der Waals surface area contributed by atoms with E-state index in [1.54, 1.807) is 4.68 Å². The summed E-state index contributed by atoms with van der Waals surface area (Å²) in [5.41, 5.74) is 1.09. The zero-order chi connectivity index (χ0) is 19.3. The fraction of sp³-hybridized carbons (Fsp3) is 0.762. The first-order chi connectivity index (χ1) is 12.9. The van der Waals surface area contributed by atoms with Gasteiger partial charge >= 0.3 is 0 Å². The topological polar surface area (TPSA) is 58.4 Å². The van der Waals surface area contributed by atoms with E-state index in [9.17, 15) is 9.59 Å². The molecule has 2 bridgehead atoms. The van der Waals surface area contributed by atoms with E-state index in [4.69, 9.17) is 0 Å². The molecule has 148 valence electrons. The lowest BCUT2D eigenvalue weighted by atomic mass is 9.70. The maximum atomic E-state index is 13.6. The number of likely N-dealkylation sites (tertiary alicyclic amines) is 1. The molecule has 3 atom stereocenters. The van der Waals surface area contributed by atoms with Crippen molar-refractivity contribution in [3.05, 3.63) is 17.5 Å². The summed E-state index contributed by atoms with van der Waals surface area (Å²) in [6.07, 6.45) is 5.76. The third-order valence-electron chi connectivity index (χ3n) is 7.44. The average molecular weight is 373 g/mol. The molecule has 0 aliphatic carbocycles. The summed E-state index contributed by atoms with van der Waals surface area (Å²) in [6.45, 7) is 8.08. The van der Waals surface area contributed by atoms with Crippen LogP contribution in [0, 0.1) is 18.3 Å². The predicted molar refractivity (Wildman–Crippen MR) is 103 cm³/mol. The molecule has 3 saturated heterocycles. The number of rotatable bonds is 3. The Bertz CT molecular complexity index is 730. The molecule has 0 unspecified atom stereocenters. The molecule has 0 radical (unpaired) electrons. The normalized spacial score (nSPS) is 31.0. The van der Waals surface area contributed by atoms with Crippen molar-refractivity contribution < 1.29 is 9.59 Å². The highest BCUT2D eigenvalue weighted by atomic mass is 16.2. The highest BCUT2D eigenvalue weighted by Gasteiger charge is 2.61. The summed E-state index contributed by atoms with van der Waals surface area (Å²) < 4.78 is 1.75. The fourth-order valence-electron chi connectivity index (χ4n) is 5.57. The number of aromatic nitrogens is 2. The van der Waals surface area contributed by atoms with Crippen molar-refractivity contribution in [2.45, 2.75) is 71.4 Å². The van der Waals surface area contributed by atoms with Crippen molar-refractivity contribution in [2.24, 2.45) is 18.4 Å². The van der Waals surface area contributed by atoms with Gasteiger partial charge in [0.15, 0.2) is 5.69 Å². The minimum Gasteiger partial charge on any atom is -0.342 e. The van der Waals surface area contributed by atoms with E-state index >= 15 is 0 Å². The van der Waals surface area contributed by atoms with Crippen LogP contribution in [0.3, 0.4) is 0 Å². The minimum atomic E-state index is -0.400.